The fourth-order valence-corrected chi connectivity index (χ4v) is 2.77. The first-order chi connectivity index (χ1) is 8.22. The van der Waals surface area contributed by atoms with Crippen molar-refractivity contribution in [3.63, 3.8) is 0 Å². The van der Waals surface area contributed by atoms with Gasteiger partial charge in [0.05, 0.1) is 0 Å². The van der Waals surface area contributed by atoms with Crippen LogP contribution in [0.1, 0.15) is 32.3 Å². The Morgan fingerprint density at radius 3 is 2.65 bits per heavy atom. The Bertz CT molecular complexity index is 360. The zero-order valence-electron chi connectivity index (χ0n) is 10.7. The Hall–Kier alpha value is -0.530. The van der Waals surface area contributed by atoms with E-state index in [1.807, 2.05) is 12.1 Å². The second kappa shape index (κ2) is 5.88. The summed E-state index contributed by atoms with van der Waals surface area (Å²) in [6.07, 6.45) is 3.86. The highest BCUT2D eigenvalue weighted by Crippen LogP contribution is 2.39. The van der Waals surface area contributed by atoms with Gasteiger partial charge in [-0.05, 0) is 49.3 Å². The molecule has 17 heavy (non-hydrogen) atoms. The van der Waals surface area contributed by atoms with E-state index in [2.05, 4.69) is 31.3 Å². The first kappa shape index (κ1) is 12.9. The van der Waals surface area contributed by atoms with Crippen molar-refractivity contribution in [3.05, 3.63) is 34.9 Å². The third-order valence-corrected chi connectivity index (χ3v) is 4.23. The lowest BCUT2D eigenvalue weighted by molar-refractivity contribution is 0.344. The summed E-state index contributed by atoms with van der Waals surface area (Å²) in [7, 11) is 0. The van der Waals surface area contributed by atoms with Crippen LogP contribution in [0.5, 0.6) is 0 Å². The van der Waals surface area contributed by atoms with Gasteiger partial charge in [-0.15, -0.1) is 0 Å². The maximum atomic E-state index is 6.24. The van der Waals surface area contributed by atoms with Crippen LogP contribution in [0.2, 0.25) is 5.02 Å². The van der Waals surface area contributed by atoms with Crippen LogP contribution in [0, 0.1) is 11.8 Å². The molecule has 2 unspecified atom stereocenters. The van der Waals surface area contributed by atoms with Gasteiger partial charge in [-0.25, -0.2) is 0 Å². The number of hydrogen-bond donors (Lipinski definition) is 1. The number of halogens is 1. The fourth-order valence-electron chi connectivity index (χ4n) is 2.56. The summed E-state index contributed by atoms with van der Waals surface area (Å²) in [5, 5.41) is 4.52. The van der Waals surface area contributed by atoms with E-state index in [1.54, 1.807) is 0 Å². The van der Waals surface area contributed by atoms with E-state index in [1.165, 1.54) is 18.4 Å². The maximum Gasteiger partial charge on any atom is 0.0438 e. The van der Waals surface area contributed by atoms with Crippen LogP contribution < -0.4 is 5.32 Å². The van der Waals surface area contributed by atoms with E-state index in [0.717, 1.165) is 29.8 Å². The molecule has 0 heterocycles. The Morgan fingerprint density at radius 1 is 1.35 bits per heavy atom. The average molecular weight is 252 g/mol. The summed E-state index contributed by atoms with van der Waals surface area (Å²) in [6, 6.07) is 8.77. The molecule has 0 bridgehead atoms. The molecule has 0 aromatic heterocycles. The van der Waals surface area contributed by atoms with Crippen LogP contribution in [-0.4, -0.2) is 12.6 Å². The van der Waals surface area contributed by atoms with Crippen LogP contribution in [-0.2, 0) is 6.42 Å². The molecule has 2 heteroatoms. The summed E-state index contributed by atoms with van der Waals surface area (Å²) < 4.78 is 0. The van der Waals surface area contributed by atoms with Gasteiger partial charge in [-0.3, -0.25) is 0 Å². The second-order valence-corrected chi connectivity index (χ2v) is 5.56. The minimum absolute atomic E-state index is 0.562. The van der Waals surface area contributed by atoms with E-state index in [-0.39, 0.29) is 0 Å². The van der Waals surface area contributed by atoms with Crippen LogP contribution in [0.3, 0.4) is 0 Å². The van der Waals surface area contributed by atoms with Crippen molar-refractivity contribution in [2.45, 2.75) is 39.2 Å². The summed E-state index contributed by atoms with van der Waals surface area (Å²) in [6.45, 7) is 5.59. The van der Waals surface area contributed by atoms with Crippen molar-refractivity contribution in [2.75, 3.05) is 6.54 Å². The Morgan fingerprint density at radius 2 is 2.06 bits per heavy atom. The Labute approximate surface area is 110 Å². The summed E-state index contributed by atoms with van der Waals surface area (Å²) in [5.41, 5.74) is 1.27. The molecule has 1 aliphatic carbocycles. The zero-order chi connectivity index (χ0) is 12.3. The van der Waals surface area contributed by atoms with E-state index in [0.29, 0.717) is 6.04 Å². The summed E-state index contributed by atoms with van der Waals surface area (Å²) >= 11 is 6.24. The van der Waals surface area contributed by atoms with E-state index in [9.17, 15) is 0 Å². The molecule has 1 N–H and O–H groups in total. The van der Waals surface area contributed by atoms with Crippen molar-refractivity contribution in [2.24, 2.45) is 11.8 Å². The second-order valence-electron chi connectivity index (χ2n) is 5.16. The largest absolute Gasteiger partial charge is 0.314 e. The van der Waals surface area contributed by atoms with Crippen molar-refractivity contribution >= 4 is 11.6 Å². The van der Waals surface area contributed by atoms with Gasteiger partial charge in [0.15, 0.2) is 0 Å². The topological polar surface area (TPSA) is 12.0 Å². The maximum absolute atomic E-state index is 6.24. The molecule has 1 fully saturated rings. The van der Waals surface area contributed by atoms with Crippen molar-refractivity contribution in [1.82, 2.24) is 5.32 Å². The van der Waals surface area contributed by atoms with Crippen LogP contribution in [0.15, 0.2) is 24.3 Å². The molecule has 1 aliphatic rings. The fraction of sp³-hybridized carbons (Fsp3) is 0.600. The third kappa shape index (κ3) is 3.46. The highest BCUT2D eigenvalue weighted by molar-refractivity contribution is 6.31. The number of nitrogens with one attached hydrogen (secondary N) is 1. The summed E-state index contributed by atoms with van der Waals surface area (Å²) in [5.74, 6) is 1.69. The molecular formula is C15H22ClN. The summed E-state index contributed by atoms with van der Waals surface area (Å²) in [4.78, 5) is 0. The highest BCUT2D eigenvalue weighted by Gasteiger charge is 2.33. The number of benzene rings is 1. The predicted octanol–water partition coefficient (Wildman–Crippen LogP) is 3.91. The highest BCUT2D eigenvalue weighted by atomic mass is 35.5. The molecule has 0 aliphatic heterocycles. The molecule has 1 saturated carbocycles. The van der Waals surface area contributed by atoms with Gasteiger partial charge in [0.1, 0.15) is 0 Å². The number of hydrogen-bond acceptors (Lipinski definition) is 1. The molecule has 1 aromatic carbocycles. The van der Waals surface area contributed by atoms with Gasteiger partial charge in [-0.2, -0.15) is 0 Å². The predicted molar refractivity (Wildman–Crippen MR) is 74.5 cm³/mol. The van der Waals surface area contributed by atoms with Crippen molar-refractivity contribution in [3.8, 4) is 0 Å². The molecular weight excluding hydrogens is 230 g/mol. The molecule has 1 nitrogen and oxygen atoms in total. The minimum Gasteiger partial charge on any atom is -0.314 e. The lowest BCUT2D eigenvalue weighted by Crippen LogP contribution is -2.37. The minimum atomic E-state index is 0.562. The lowest BCUT2D eigenvalue weighted by Gasteiger charge is -2.25. The van der Waals surface area contributed by atoms with Crippen LogP contribution in [0.25, 0.3) is 0 Å². The molecule has 0 amide bonds. The smallest absolute Gasteiger partial charge is 0.0438 e. The van der Waals surface area contributed by atoms with Gasteiger partial charge >= 0.3 is 0 Å². The lowest BCUT2D eigenvalue weighted by atomic mass is 9.91. The van der Waals surface area contributed by atoms with E-state index < -0.39 is 0 Å². The van der Waals surface area contributed by atoms with Gasteiger partial charge < -0.3 is 5.32 Å². The standard InChI is InChI=1S/C15H22ClN/c1-3-17-15(11(2)12-8-9-12)10-13-6-4-5-7-14(13)16/h4-7,11-12,15,17H,3,8-10H2,1-2H3. The van der Waals surface area contributed by atoms with Crippen molar-refractivity contribution < 1.29 is 0 Å². The normalized spacial score (nSPS) is 19.0. The Kier molecular flexibility index (Phi) is 4.47. The zero-order valence-corrected chi connectivity index (χ0v) is 11.5. The van der Waals surface area contributed by atoms with E-state index >= 15 is 0 Å². The average Bonchev–Trinajstić information content (AvgIpc) is 3.14. The molecule has 0 radical (unpaired) electrons. The van der Waals surface area contributed by atoms with Gasteiger partial charge in [0, 0.05) is 11.1 Å². The van der Waals surface area contributed by atoms with Crippen LogP contribution >= 0.6 is 11.6 Å². The quantitative estimate of drug-likeness (QED) is 0.809. The molecule has 2 rings (SSSR count). The van der Waals surface area contributed by atoms with Gasteiger partial charge in [-0.1, -0.05) is 43.6 Å². The number of rotatable bonds is 6. The van der Waals surface area contributed by atoms with Gasteiger partial charge in [0.2, 0.25) is 0 Å². The molecule has 1 aromatic rings. The molecule has 0 saturated heterocycles. The third-order valence-electron chi connectivity index (χ3n) is 3.86. The van der Waals surface area contributed by atoms with Gasteiger partial charge in [0.25, 0.3) is 0 Å². The monoisotopic (exact) mass is 251 g/mol. The first-order valence-electron chi connectivity index (χ1n) is 6.69. The van der Waals surface area contributed by atoms with E-state index in [4.69, 9.17) is 11.6 Å². The van der Waals surface area contributed by atoms with Crippen LogP contribution in [0.4, 0.5) is 0 Å². The molecule has 94 valence electrons. The Balaban J connectivity index is 2.04. The molecule has 0 spiro atoms. The number of likely N-dealkylation sites (N-methyl/N-ethyl adjacent to an activating group) is 1. The molecule has 2 atom stereocenters. The first-order valence-corrected chi connectivity index (χ1v) is 7.07. The SMILES string of the molecule is CCNC(Cc1ccccc1Cl)C(C)C1CC1. The van der Waals surface area contributed by atoms with Crippen molar-refractivity contribution in [1.29, 1.82) is 0 Å².